The molecule has 2 atom stereocenters. The van der Waals surface area contributed by atoms with Crippen molar-refractivity contribution in [1.82, 2.24) is 0 Å². The van der Waals surface area contributed by atoms with Gasteiger partial charge < -0.3 is 15.2 Å². The highest BCUT2D eigenvalue weighted by Gasteiger charge is 2.24. The molecule has 2 unspecified atom stereocenters. The van der Waals surface area contributed by atoms with Crippen LogP contribution in [0.25, 0.3) is 0 Å². The Balaban J connectivity index is 1.99. The highest BCUT2D eigenvalue weighted by molar-refractivity contribution is 5.88. The van der Waals surface area contributed by atoms with Gasteiger partial charge in [0.05, 0.1) is 17.4 Å². The molecule has 0 aliphatic carbocycles. The summed E-state index contributed by atoms with van der Waals surface area (Å²) in [6.07, 6.45) is 1.14. The summed E-state index contributed by atoms with van der Waals surface area (Å²) in [5.41, 5.74) is 0.287. The molecule has 2 N–H and O–H groups in total. The van der Waals surface area contributed by atoms with Crippen LogP contribution in [0.15, 0.2) is 18.2 Å². The number of hydrogen-bond donors (Lipinski definition) is 2. The maximum atomic E-state index is 13.6. The summed E-state index contributed by atoms with van der Waals surface area (Å²) in [6.45, 7) is 3.38. The van der Waals surface area contributed by atoms with Crippen molar-refractivity contribution >= 4 is 11.7 Å². The molecule has 5 heteroatoms. The first-order valence-electron chi connectivity index (χ1n) is 5.96. The van der Waals surface area contributed by atoms with E-state index in [9.17, 15) is 9.18 Å². The van der Waals surface area contributed by atoms with Crippen LogP contribution in [-0.4, -0.2) is 30.3 Å². The second kappa shape index (κ2) is 5.35. The molecule has 0 spiro atoms. The number of ether oxygens (including phenoxy) is 1. The van der Waals surface area contributed by atoms with Crippen molar-refractivity contribution in [3.63, 3.8) is 0 Å². The number of halogens is 1. The first-order valence-corrected chi connectivity index (χ1v) is 5.96. The summed E-state index contributed by atoms with van der Waals surface area (Å²) in [5, 5.41) is 11.7. The Morgan fingerprint density at radius 1 is 1.61 bits per heavy atom. The van der Waals surface area contributed by atoms with E-state index in [-0.39, 0.29) is 11.7 Å². The minimum absolute atomic E-state index is 0.0457. The fourth-order valence-corrected chi connectivity index (χ4v) is 2.08. The van der Waals surface area contributed by atoms with Crippen molar-refractivity contribution in [2.24, 2.45) is 5.92 Å². The van der Waals surface area contributed by atoms with Crippen LogP contribution in [0, 0.1) is 11.7 Å². The molecule has 1 heterocycles. The Morgan fingerprint density at radius 2 is 2.39 bits per heavy atom. The molecular formula is C13H16FNO3. The van der Waals surface area contributed by atoms with Crippen molar-refractivity contribution < 1.29 is 19.0 Å². The number of aromatic carboxylic acids is 1. The molecule has 1 aliphatic heterocycles. The van der Waals surface area contributed by atoms with Crippen molar-refractivity contribution in [2.75, 3.05) is 18.5 Å². The quantitative estimate of drug-likeness (QED) is 0.864. The minimum Gasteiger partial charge on any atom is -0.478 e. The lowest BCUT2D eigenvalue weighted by Crippen LogP contribution is -2.21. The zero-order valence-electron chi connectivity index (χ0n) is 10.1. The predicted octanol–water partition coefficient (Wildman–Crippen LogP) is 2.36. The van der Waals surface area contributed by atoms with Crippen molar-refractivity contribution in [3.8, 4) is 0 Å². The zero-order chi connectivity index (χ0) is 13.1. The van der Waals surface area contributed by atoms with E-state index in [1.54, 1.807) is 0 Å². The van der Waals surface area contributed by atoms with Gasteiger partial charge in [0.1, 0.15) is 5.82 Å². The molecule has 1 saturated heterocycles. The maximum absolute atomic E-state index is 13.6. The van der Waals surface area contributed by atoms with E-state index >= 15 is 0 Å². The van der Waals surface area contributed by atoms with E-state index in [0.29, 0.717) is 18.2 Å². The largest absolute Gasteiger partial charge is 0.478 e. The summed E-state index contributed by atoms with van der Waals surface area (Å²) in [6, 6.07) is 3.88. The number of anilines is 1. The van der Waals surface area contributed by atoms with Crippen LogP contribution < -0.4 is 5.32 Å². The number of carboxylic acid groups (broad SMARTS) is 1. The summed E-state index contributed by atoms with van der Waals surface area (Å²) >= 11 is 0. The summed E-state index contributed by atoms with van der Waals surface area (Å²) in [7, 11) is 0. The third kappa shape index (κ3) is 2.79. The van der Waals surface area contributed by atoms with Crippen molar-refractivity contribution in [2.45, 2.75) is 19.4 Å². The maximum Gasteiger partial charge on any atom is 0.335 e. The molecule has 1 aromatic carbocycles. The van der Waals surface area contributed by atoms with E-state index in [2.05, 4.69) is 5.32 Å². The number of nitrogens with one attached hydrogen (secondary N) is 1. The topological polar surface area (TPSA) is 58.6 Å². The van der Waals surface area contributed by atoms with Crippen LogP contribution in [-0.2, 0) is 4.74 Å². The van der Waals surface area contributed by atoms with Gasteiger partial charge in [0.15, 0.2) is 0 Å². The fraction of sp³-hybridized carbons (Fsp3) is 0.462. The molecule has 1 aliphatic rings. The Bertz CT molecular complexity index is 450. The van der Waals surface area contributed by atoms with E-state index in [1.807, 2.05) is 6.92 Å². The van der Waals surface area contributed by atoms with E-state index in [4.69, 9.17) is 9.84 Å². The molecule has 1 fully saturated rings. The molecule has 4 nitrogen and oxygen atoms in total. The van der Waals surface area contributed by atoms with Crippen LogP contribution in [0.5, 0.6) is 0 Å². The van der Waals surface area contributed by atoms with Crippen LogP contribution >= 0.6 is 0 Å². The Kier molecular flexibility index (Phi) is 3.81. The standard InChI is InChI=1S/C13H16FNO3/c1-8-10(4-5-18-8)7-15-12-3-2-9(13(16)17)6-11(12)14/h2-3,6,8,10,15H,4-5,7H2,1H3,(H,16,17). The zero-order valence-corrected chi connectivity index (χ0v) is 10.1. The lowest BCUT2D eigenvalue weighted by molar-refractivity contribution is 0.0696. The van der Waals surface area contributed by atoms with Crippen molar-refractivity contribution in [1.29, 1.82) is 0 Å². The molecule has 2 rings (SSSR count). The van der Waals surface area contributed by atoms with Gasteiger partial charge in [-0.05, 0) is 31.5 Å². The molecular weight excluding hydrogens is 237 g/mol. The summed E-state index contributed by atoms with van der Waals surface area (Å²) < 4.78 is 19.0. The Labute approximate surface area is 105 Å². The third-order valence-electron chi connectivity index (χ3n) is 3.30. The number of hydrogen-bond acceptors (Lipinski definition) is 3. The van der Waals surface area contributed by atoms with Gasteiger partial charge in [0.2, 0.25) is 0 Å². The normalized spacial score (nSPS) is 23.0. The van der Waals surface area contributed by atoms with Crippen molar-refractivity contribution in [3.05, 3.63) is 29.6 Å². The van der Waals surface area contributed by atoms with Gasteiger partial charge in [0, 0.05) is 19.1 Å². The molecule has 0 saturated carbocycles. The molecule has 98 valence electrons. The van der Waals surface area contributed by atoms with Gasteiger partial charge in [-0.1, -0.05) is 0 Å². The number of rotatable bonds is 4. The molecule has 0 bridgehead atoms. The second-order valence-electron chi connectivity index (χ2n) is 4.51. The van der Waals surface area contributed by atoms with E-state index in [1.165, 1.54) is 12.1 Å². The number of benzene rings is 1. The van der Waals surface area contributed by atoms with E-state index < -0.39 is 11.8 Å². The van der Waals surface area contributed by atoms with Gasteiger partial charge in [-0.2, -0.15) is 0 Å². The molecule has 0 aromatic heterocycles. The van der Waals surface area contributed by atoms with Crippen LogP contribution in [0.2, 0.25) is 0 Å². The number of carboxylic acids is 1. The highest BCUT2D eigenvalue weighted by Crippen LogP contribution is 2.22. The number of carbonyl (C=O) groups is 1. The Morgan fingerprint density at radius 3 is 2.94 bits per heavy atom. The summed E-state index contributed by atoms with van der Waals surface area (Å²) in [5.74, 6) is -1.30. The van der Waals surface area contributed by atoms with Gasteiger partial charge in [-0.3, -0.25) is 0 Å². The van der Waals surface area contributed by atoms with Gasteiger partial charge in [-0.25, -0.2) is 9.18 Å². The molecule has 0 radical (unpaired) electrons. The summed E-state index contributed by atoms with van der Waals surface area (Å²) in [4.78, 5) is 10.7. The lowest BCUT2D eigenvalue weighted by Gasteiger charge is -2.16. The lowest BCUT2D eigenvalue weighted by atomic mass is 10.0. The molecule has 18 heavy (non-hydrogen) atoms. The average molecular weight is 253 g/mol. The first kappa shape index (κ1) is 12.8. The third-order valence-corrected chi connectivity index (χ3v) is 3.30. The van der Waals surface area contributed by atoms with Crippen LogP contribution in [0.3, 0.4) is 0 Å². The molecule has 1 aromatic rings. The highest BCUT2D eigenvalue weighted by atomic mass is 19.1. The Hall–Kier alpha value is -1.62. The van der Waals surface area contributed by atoms with Crippen LogP contribution in [0.4, 0.5) is 10.1 Å². The monoisotopic (exact) mass is 253 g/mol. The molecule has 0 amide bonds. The predicted molar refractivity (Wildman–Crippen MR) is 65.4 cm³/mol. The smallest absolute Gasteiger partial charge is 0.335 e. The SMILES string of the molecule is CC1OCCC1CNc1ccc(C(=O)O)cc1F. The minimum atomic E-state index is -1.13. The van der Waals surface area contributed by atoms with Crippen LogP contribution in [0.1, 0.15) is 23.7 Å². The van der Waals surface area contributed by atoms with Gasteiger partial charge in [-0.15, -0.1) is 0 Å². The first-order chi connectivity index (χ1) is 8.58. The van der Waals surface area contributed by atoms with E-state index in [0.717, 1.165) is 19.1 Å². The van der Waals surface area contributed by atoms with Gasteiger partial charge >= 0.3 is 5.97 Å². The second-order valence-corrected chi connectivity index (χ2v) is 4.51. The fourth-order valence-electron chi connectivity index (χ4n) is 2.08. The van der Waals surface area contributed by atoms with Gasteiger partial charge in [0.25, 0.3) is 0 Å². The average Bonchev–Trinajstić information content (AvgIpc) is 2.73.